The summed E-state index contributed by atoms with van der Waals surface area (Å²) in [6.45, 7) is 0. The van der Waals surface area contributed by atoms with E-state index in [1.165, 1.54) is 12.3 Å². The molecule has 4 nitrogen and oxygen atoms in total. The second-order valence-electron chi connectivity index (χ2n) is 2.40. The maximum atomic E-state index is 9.48. The van der Waals surface area contributed by atoms with E-state index >= 15 is 0 Å². The highest BCUT2D eigenvalue weighted by atomic mass is 16.3. The van der Waals surface area contributed by atoms with Crippen LogP contribution in [0.4, 0.5) is 0 Å². The van der Waals surface area contributed by atoms with E-state index in [0.717, 1.165) is 5.56 Å². The Balaban J connectivity index is 2.69. The van der Waals surface area contributed by atoms with Crippen LogP contribution in [0.15, 0.2) is 47.7 Å². The van der Waals surface area contributed by atoms with Gasteiger partial charge in [-0.25, -0.2) is 0 Å². The van der Waals surface area contributed by atoms with E-state index in [1.54, 1.807) is 12.1 Å². The van der Waals surface area contributed by atoms with Crippen molar-refractivity contribution in [2.75, 3.05) is 0 Å². The van der Waals surface area contributed by atoms with E-state index in [1.807, 2.05) is 18.2 Å². The molecule has 0 fully saturated rings. The maximum Gasteiger partial charge on any atom is 0.0973 e. The summed E-state index contributed by atoms with van der Waals surface area (Å²) in [7, 11) is 0. The Morgan fingerprint density at radius 3 is 2.69 bits per heavy atom. The molecule has 0 heterocycles. The molecule has 0 spiro atoms. The van der Waals surface area contributed by atoms with Crippen molar-refractivity contribution in [3.63, 3.8) is 0 Å². The molecular weight excluding hydrogens is 166 g/mol. The molecule has 0 amide bonds. The van der Waals surface area contributed by atoms with E-state index in [0.29, 0.717) is 0 Å². The van der Waals surface area contributed by atoms with Gasteiger partial charge in [-0.05, 0) is 23.4 Å². The smallest absolute Gasteiger partial charge is 0.0973 e. The summed E-state index contributed by atoms with van der Waals surface area (Å²) in [6.07, 6.45) is 1.94. The van der Waals surface area contributed by atoms with Gasteiger partial charge in [-0.1, -0.05) is 35.4 Å². The zero-order valence-electron chi connectivity index (χ0n) is 6.91. The van der Waals surface area contributed by atoms with Crippen LogP contribution in [0.5, 0.6) is 0 Å². The standard InChI is InChI=1S/C9H9N3O/c10-12-11-7-6-9(13)8-4-2-1-3-5-8/h1-7,9,13H/b7-6+. The lowest BCUT2D eigenvalue weighted by Gasteiger charge is -2.03. The monoisotopic (exact) mass is 175 g/mol. The molecule has 66 valence electrons. The molecule has 1 rings (SSSR count). The van der Waals surface area contributed by atoms with E-state index in [4.69, 9.17) is 5.53 Å². The third kappa shape index (κ3) is 2.99. The van der Waals surface area contributed by atoms with Gasteiger partial charge in [0.05, 0.1) is 6.10 Å². The lowest BCUT2D eigenvalue weighted by atomic mass is 10.1. The molecule has 1 N–H and O–H groups in total. The molecule has 1 aromatic carbocycles. The van der Waals surface area contributed by atoms with Gasteiger partial charge in [0.1, 0.15) is 0 Å². The fraction of sp³-hybridized carbons (Fsp3) is 0.111. The Bertz CT molecular complexity index is 328. The van der Waals surface area contributed by atoms with E-state index in [-0.39, 0.29) is 0 Å². The first kappa shape index (κ1) is 9.32. The fourth-order valence-electron chi connectivity index (χ4n) is 0.911. The number of nitrogens with zero attached hydrogens (tertiary/aromatic N) is 3. The van der Waals surface area contributed by atoms with Crippen molar-refractivity contribution in [3.8, 4) is 0 Å². The maximum absolute atomic E-state index is 9.48. The quantitative estimate of drug-likeness (QED) is 0.428. The molecule has 13 heavy (non-hydrogen) atoms. The Labute approximate surface area is 75.8 Å². The largest absolute Gasteiger partial charge is 0.384 e. The first-order valence-electron chi connectivity index (χ1n) is 3.78. The second-order valence-corrected chi connectivity index (χ2v) is 2.40. The number of rotatable bonds is 3. The van der Waals surface area contributed by atoms with Crippen molar-refractivity contribution in [1.29, 1.82) is 0 Å². The number of benzene rings is 1. The Morgan fingerprint density at radius 2 is 2.08 bits per heavy atom. The van der Waals surface area contributed by atoms with Crippen molar-refractivity contribution in [1.82, 2.24) is 0 Å². The van der Waals surface area contributed by atoms with Gasteiger partial charge in [-0.2, -0.15) is 0 Å². The van der Waals surface area contributed by atoms with Crippen LogP contribution in [-0.4, -0.2) is 5.11 Å². The van der Waals surface area contributed by atoms with Crippen molar-refractivity contribution in [2.24, 2.45) is 5.11 Å². The van der Waals surface area contributed by atoms with Crippen LogP contribution in [0.25, 0.3) is 10.4 Å². The van der Waals surface area contributed by atoms with Gasteiger partial charge >= 0.3 is 0 Å². The Kier molecular flexibility index (Phi) is 3.57. The number of aliphatic hydroxyl groups excluding tert-OH is 1. The fourth-order valence-corrected chi connectivity index (χ4v) is 0.911. The van der Waals surface area contributed by atoms with Crippen LogP contribution in [0.3, 0.4) is 0 Å². The SMILES string of the molecule is [N-]=[N+]=N/C=C/C(O)c1ccccc1. The molecule has 4 heteroatoms. The molecular formula is C9H9N3O. The van der Waals surface area contributed by atoms with Gasteiger partial charge in [0.25, 0.3) is 0 Å². The van der Waals surface area contributed by atoms with Crippen LogP contribution >= 0.6 is 0 Å². The Hall–Kier alpha value is -1.77. The van der Waals surface area contributed by atoms with E-state index in [2.05, 4.69) is 10.0 Å². The van der Waals surface area contributed by atoms with Crippen LogP contribution in [0.2, 0.25) is 0 Å². The molecule has 0 aromatic heterocycles. The van der Waals surface area contributed by atoms with Crippen LogP contribution in [0, 0.1) is 0 Å². The third-order valence-electron chi connectivity index (χ3n) is 1.53. The summed E-state index contributed by atoms with van der Waals surface area (Å²) in [5, 5.41) is 12.7. The second kappa shape index (κ2) is 4.98. The van der Waals surface area contributed by atoms with Gasteiger partial charge in [0.15, 0.2) is 0 Å². The highest BCUT2D eigenvalue weighted by Crippen LogP contribution is 2.12. The third-order valence-corrected chi connectivity index (χ3v) is 1.53. The molecule has 0 bridgehead atoms. The van der Waals surface area contributed by atoms with Crippen molar-refractivity contribution in [3.05, 3.63) is 58.6 Å². The molecule has 0 aliphatic heterocycles. The topological polar surface area (TPSA) is 69.0 Å². The summed E-state index contributed by atoms with van der Waals surface area (Å²) in [4.78, 5) is 2.53. The summed E-state index contributed by atoms with van der Waals surface area (Å²) in [5.41, 5.74) is 8.75. The van der Waals surface area contributed by atoms with Crippen molar-refractivity contribution < 1.29 is 5.11 Å². The predicted octanol–water partition coefficient (Wildman–Crippen LogP) is 2.54. The first-order chi connectivity index (χ1) is 6.34. The average Bonchev–Trinajstić information content (AvgIpc) is 2.19. The molecule has 0 aliphatic rings. The lowest BCUT2D eigenvalue weighted by Crippen LogP contribution is -1.90. The molecule has 0 radical (unpaired) electrons. The number of aliphatic hydroxyl groups is 1. The molecule has 1 unspecified atom stereocenters. The molecule has 0 aliphatic carbocycles. The lowest BCUT2D eigenvalue weighted by molar-refractivity contribution is 0.228. The summed E-state index contributed by atoms with van der Waals surface area (Å²) in [5.74, 6) is 0. The summed E-state index contributed by atoms with van der Waals surface area (Å²) < 4.78 is 0. The number of hydrogen-bond donors (Lipinski definition) is 1. The Morgan fingerprint density at radius 1 is 1.38 bits per heavy atom. The zero-order chi connectivity index (χ0) is 9.52. The van der Waals surface area contributed by atoms with Crippen molar-refractivity contribution >= 4 is 0 Å². The van der Waals surface area contributed by atoms with Gasteiger partial charge in [0, 0.05) is 4.91 Å². The van der Waals surface area contributed by atoms with E-state index < -0.39 is 6.10 Å². The van der Waals surface area contributed by atoms with Gasteiger partial charge < -0.3 is 5.11 Å². The predicted molar refractivity (Wildman–Crippen MR) is 49.7 cm³/mol. The van der Waals surface area contributed by atoms with Crippen LogP contribution < -0.4 is 0 Å². The molecule has 0 saturated heterocycles. The normalized spacial score (nSPS) is 12.4. The minimum absolute atomic E-state index is 0.716. The van der Waals surface area contributed by atoms with Gasteiger partial charge in [0.2, 0.25) is 0 Å². The molecule has 0 saturated carbocycles. The number of hydrogen-bond acceptors (Lipinski definition) is 2. The summed E-state index contributed by atoms with van der Waals surface area (Å²) >= 11 is 0. The van der Waals surface area contributed by atoms with Crippen LogP contribution in [0.1, 0.15) is 11.7 Å². The van der Waals surface area contributed by atoms with Gasteiger partial charge in [-0.3, -0.25) is 0 Å². The highest BCUT2D eigenvalue weighted by molar-refractivity contribution is 5.20. The average molecular weight is 175 g/mol. The molecule has 1 aromatic rings. The van der Waals surface area contributed by atoms with Gasteiger partial charge in [-0.15, -0.1) is 0 Å². The highest BCUT2D eigenvalue weighted by Gasteiger charge is 1.99. The zero-order valence-corrected chi connectivity index (χ0v) is 6.91. The molecule has 1 atom stereocenters. The number of azide groups is 1. The summed E-state index contributed by atoms with van der Waals surface area (Å²) in [6, 6.07) is 9.13. The minimum Gasteiger partial charge on any atom is -0.384 e. The van der Waals surface area contributed by atoms with E-state index in [9.17, 15) is 5.11 Å². The van der Waals surface area contributed by atoms with Crippen LogP contribution in [-0.2, 0) is 0 Å². The first-order valence-corrected chi connectivity index (χ1v) is 3.78. The minimum atomic E-state index is -0.716. The van der Waals surface area contributed by atoms with Crippen molar-refractivity contribution in [2.45, 2.75) is 6.10 Å².